The van der Waals surface area contributed by atoms with Gasteiger partial charge in [-0.2, -0.15) is 0 Å². The van der Waals surface area contributed by atoms with Crippen LogP contribution in [0.2, 0.25) is 0 Å². The fraction of sp³-hybridized carbons (Fsp3) is 0.156. The van der Waals surface area contributed by atoms with E-state index in [9.17, 15) is 0 Å². The molecule has 15 rings (SSSR count). The van der Waals surface area contributed by atoms with Gasteiger partial charge >= 0.3 is 0 Å². The number of fused-ring (bicyclic) bond motifs is 6. The molecule has 10 aromatic rings. The van der Waals surface area contributed by atoms with Crippen molar-refractivity contribution < 1.29 is 0 Å². The van der Waals surface area contributed by atoms with Crippen LogP contribution in [0.3, 0.4) is 0 Å². The smallest absolute Gasteiger partial charge is 0.0640 e. The Morgan fingerprint density at radius 3 is 1.67 bits per heavy atom. The van der Waals surface area contributed by atoms with Crippen molar-refractivity contribution in [3.05, 3.63) is 223 Å². The van der Waals surface area contributed by atoms with Crippen molar-refractivity contribution >= 4 is 48.6 Å². The molecule has 0 radical (unpaired) electrons. The van der Waals surface area contributed by atoms with Gasteiger partial charge in [-0.25, -0.2) is 0 Å². The van der Waals surface area contributed by atoms with Crippen molar-refractivity contribution in [3.63, 3.8) is 0 Å². The molecule has 0 saturated heterocycles. The maximum atomic E-state index is 2.63. The molecule has 0 atom stereocenters. The van der Waals surface area contributed by atoms with E-state index in [0.717, 1.165) is 35.0 Å². The Morgan fingerprint density at radius 1 is 0.364 bits per heavy atom. The molecule has 1 heterocycles. The number of thiophene rings is 1. The molecule has 66 heavy (non-hydrogen) atoms. The van der Waals surface area contributed by atoms with E-state index >= 15 is 0 Å². The molecular formula is C64H49NS. The molecule has 0 unspecified atom stereocenters. The van der Waals surface area contributed by atoms with Crippen molar-refractivity contribution in [2.24, 2.45) is 23.7 Å². The summed E-state index contributed by atoms with van der Waals surface area (Å²) in [6, 6.07) is 79.9. The van der Waals surface area contributed by atoms with Crippen LogP contribution in [0, 0.1) is 23.7 Å². The van der Waals surface area contributed by atoms with E-state index < -0.39 is 0 Å². The van der Waals surface area contributed by atoms with Crippen LogP contribution >= 0.6 is 11.3 Å². The largest absolute Gasteiger partial charge is 0.308 e. The second-order valence-electron chi connectivity index (χ2n) is 19.6. The zero-order valence-electron chi connectivity index (χ0n) is 36.9. The molecule has 2 heteroatoms. The zero-order valence-corrected chi connectivity index (χ0v) is 37.7. The monoisotopic (exact) mass is 863 g/mol. The van der Waals surface area contributed by atoms with Crippen molar-refractivity contribution in [2.75, 3.05) is 4.90 Å². The summed E-state index contributed by atoms with van der Waals surface area (Å²) in [7, 11) is 0. The minimum atomic E-state index is 0.149. The third-order valence-electron chi connectivity index (χ3n) is 16.3. The minimum Gasteiger partial charge on any atom is -0.308 e. The second-order valence-corrected chi connectivity index (χ2v) is 20.6. The number of nitrogens with zero attached hydrogens (tertiary/aromatic N) is 1. The summed E-state index contributed by atoms with van der Waals surface area (Å²) in [5.74, 6) is 3.34. The molecule has 4 bridgehead atoms. The Kier molecular flexibility index (Phi) is 8.71. The minimum absolute atomic E-state index is 0.149. The van der Waals surface area contributed by atoms with Gasteiger partial charge in [-0.05, 0) is 153 Å². The molecule has 4 saturated carbocycles. The Morgan fingerprint density at radius 2 is 0.909 bits per heavy atom. The summed E-state index contributed by atoms with van der Waals surface area (Å²) < 4.78 is 2.60. The third-order valence-corrected chi connectivity index (χ3v) is 17.5. The number of para-hydroxylation sites is 1. The van der Waals surface area contributed by atoms with E-state index in [-0.39, 0.29) is 5.41 Å². The molecule has 1 nitrogen and oxygen atoms in total. The molecule has 9 aromatic carbocycles. The first-order valence-corrected chi connectivity index (χ1v) is 24.9. The predicted octanol–water partition coefficient (Wildman–Crippen LogP) is 17.9. The average molecular weight is 864 g/mol. The topological polar surface area (TPSA) is 3.24 Å². The summed E-state index contributed by atoms with van der Waals surface area (Å²) >= 11 is 1.89. The maximum Gasteiger partial charge on any atom is 0.0640 e. The molecule has 316 valence electrons. The number of benzene rings is 9. The number of hydrogen-bond donors (Lipinski definition) is 0. The molecular weight excluding hydrogens is 815 g/mol. The lowest BCUT2D eigenvalue weighted by molar-refractivity contribution is -0.0399. The van der Waals surface area contributed by atoms with Crippen molar-refractivity contribution in [1.82, 2.24) is 0 Å². The number of rotatable bonds is 7. The van der Waals surface area contributed by atoms with Crippen molar-refractivity contribution in [1.29, 1.82) is 0 Å². The first-order chi connectivity index (χ1) is 32.7. The van der Waals surface area contributed by atoms with Gasteiger partial charge in [0.1, 0.15) is 0 Å². The summed E-state index contributed by atoms with van der Waals surface area (Å²) in [6.45, 7) is 0. The van der Waals surface area contributed by atoms with E-state index in [0.29, 0.717) is 0 Å². The van der Waals surface area contributed by atoms with E-state index in [1.54, 1.807) is 11.1 Å². The van der Waals surface area contributed by atoms with Gasteiger partial charge in [-0.3, -0.25) is 0 Å². The van der Waals surface area contributed by atoms with Crippen molar-refractivity contribution in [3.8, 4) is 55.6 Å². The summed E-state index contributed by atoms with van der Waals surface area (Å²) in [6.07, 6.45) is 7.06. The normalized spacial score (nSPS) is 21.1. The summed E-state index contributed by atoms with van der Waals surface area (Å²) in [5.41, 5.74) is 19.7. The summed E-state index contributed by atoms with van der Waals surface area (Å²) in [4.78, 5) is 2.53. The van der Waals surface area contributed by atoms with Crippen molar-refractivity contribution in [2.45, 2.75) is 37.5 Å². The number of hydrogen-bond acceptors (Lipinski definition) is 2. The molecule has 0 N–H and O–H groups in total. The fourth-order valence-electron chi connectivity index (χ4n) is 13.9. The quantitative estimate of drug-likeness (QED) is 0.154. The Bertz CT molecular complexity index is 3480. The lowest BCUT2D eigenvalue weighted by Crippen LogP contribution is -2.55. The highest BCUT2D eigenvalue weighted by molar-refractivity contribution is 7.26. The van der Waals surface area contributed by atoms with Crippen LogP contribution in [0.15, 0.2) is 212 Å². The molecule has 5 aliphatic rings. The van der Waals surface area contributed by atoms with Crippen LogP contribution < -0.4 is 4.90 Å². The molecule has 1 aromatic heterocycles. The SMILES string of the molecule is c1ccc(-c2ccccc2-c2ccccc2-c2ccccc2N(c2ccc(-c3ccc4c(c3)C3(c5ccccc5-4)C4CC5CC(C4)CC3C5)cc2)c2cccc3c2sc2ccccc23)cc1. The number of anilines is 3. The van der Waals surface area contributed by atoms with Gasteiger partial charge < -0.3 is 4.90 Å². The molecule has 1 spiro atoms. The zero-order chi connectivity index (χ0) is 43.3. The highest BCUT2D eigenvalue weighted by Crippen LogP contribution is 2.69. The van der Waals surface area contributed by atoms with Crippen LogP contribution in [0.4, 0.5) is 17.1 Å². The van der Waals surface area contributed by atoms with Gasteiger partial charge in [-0.1, -0.05) is 176 Å². The first kappa shape index (κ1) is 38.3. The molecule has 4 fully saturated rings. The van der Waals surface area contributed by atoms with E-state index in [2.05, 4.69) is 217 Å². The van der Waals surface area contributed by atoms with Crippen LogP contribution in [0.1, 0.15) is 43.2 Å². The third kappa shape index (κ3) is 5.71. The van der Waals surface area contributed by atoms with E-state index in [1.807, 2.05) is 11.3 Å². The maximum absolute atomic E-state index is 2.63. The average Bonchev–Trinajstić information content (AvgIpc) is 3.90. The van der Waals surface area contributed by atoms with E-state index in [1.165, 1.54) is 114 Å². The van der Waals surface area contributed by atoms with Gasteiger partial charge in [0.25, 0.3) is 0 Å². The first-order valence-electron chi connectivity index (χ1n) is 24.1. The van der Waals surface area contributed by atoms with Gasteiger partial charge in [0.2, 0.25) is 0 Å². The van der Waals surface area contributed by atoms with Gasteiger partial charge in [0.15, 0.2) is 0 Å². The van der Waals surface area contributed by atoms with Gasteiger partial charge in [0.05, 0.1) is 16.1 Å². The standard InChI is InChI=1S/C64H49NS/c1-2-15-44(16-3-1)49-17-4-5-18-50(49)51-19-6-7-20-52(51)55-22-9-12-26-60(55)65(61-27-14-24-57-56-23-10-13-28-62(56)66-63(57)61)48-32-29-43(30-33-48)45-31-34-54-53-21-8-11-25-58(53)64(59(54)40-45)46-36-41-35-42(38-46)39-47(64)37-41/h1-34,40-42,46-47H,35-39H2. The Balaban J connectivity index is 0.926. The van der Waals surface area contributed by atoms with Crippen LogP contribution in [-0.2, 0) is 5.41 Å². The van der Waals surface area contributed by atoms with Crippen LogP contribution in [0.25, 0.3) is 75.8 Å². The molecule has 0 aliphatic heterocycles. The second kappa shape index (κ2) is 15.0. The molecule has 0 amide bonds. The van der Waals surface area contributed by atoms with E-state index in [4.69, 9.17) is 0 Å². The highest BCUT2D eigenvalue weighted by Gasteiger charge is 2.61. The Labute approximate surface area is 391 Å². The lowest BCUT2D eigenvalue weighted by atomic mass is 9.43. The Hall–Kier alpha value is -7.00. The summed E-state index contributed by atoms with van der Waals surface area (Å²) in [5, 5.41) is 2.60. The van der Waals surface area contributed by atoms with Crippen LogP contribution in [0.5, 0.6) is 0 Å². The van der Waals surface area contributed by atoms with Gasteiger partial charge in [-0.15, -0.1) is 11.3 Å². The van der Waals surface area contributed by atoms with Crippen LogP contribution in [-0.4, -0.2) is 0 Å². The fourth-order valence-corrected chi connectivity index (χ4v) is 15.1. The molecule has 5 aliphatic carbocycles. The highest BCUT2D eigenvalue weighted by atomic mass is 32.1. The predicted molar refractivity (Wildman–Crippen MR) is 279 cm³/mol. The lowest BCUT2D eigenvalue weighted by Gasteiger charge is -2.61. The van der Waals surface area contributed by atoms with Gasteiger partial charge in [0, 0.05) is 32.1 Å².